The number of nitrogens with zero attached hydrogens (tertiary/aromatic N) is 2. The maximum Gasteiger partial charge on any atom is 0.248 e. The van der Waals surface area contributed by atoms with Crippen LogP contribution in [0.25, 0.3) is 11.5 Å². The second kappa shape index (κ2) is 5.38. The van der Waals surface area contributed by atoms with E-state index in [1.165, 1.54) is 0 Å². The lowest BCUT2D eigenvalue weighted by molar-refractivity contribution is 0.468. The van der Waals surface area contributed by atoms with E-state index in [2.05, 4.69) is 10.2 Å². The van der Waals surface area contributed by atoms with E-state index in [0.29, 0.717) is 22.9 Å². The number of hydrogen-bond acceptors (Lipinski definition) is 5. The molecule has 3 N–H and O–H groups in total. The molecule has 1 aromatic heterocycles. The van der Waals surface area contributed by atoms with Crippen LogP contribution in [0.5, 0.6) is 5.75 Å². The second-order valence-corrected chi connectivity index (χ2v) is 4.78. The molecule has 0 radical (unpaired) electrons. The fraction of sp³-hybridized carbons (Fsp3) is 0.125. The molecule has 0 saturated carbocycles. The molecule has 5 nitrogen and oxygen atoms in total. The van der Waals surface area contributed by atoms with Gasteiger partial charge in [-0.3, -0.25) is 0 Å². The van der Waals surface area contributed by atoms with Gasteiger partial charge in [0.05, 0.1) is 0 Å². The highest BCUT2D eigenvalue weighted by atomic mass is 16.4. The highest BCUT2D eigenvalue weighted by Crippen LogP contribution is 2.29. The van der Waals surface area contributed by atoms with Gasteiger partial charge < -0.3 is 15.3 Å². The Morgan fingerprint density at radius 2 is 1.81 bits per heavy atom. The van der Waals surface area contributed by atoms with E-state index in [1.807, 2.05) is 36.4 Å². The Kier molecular flexibility index (Phi) is 3.41. The third kappa shape index (κ3) is 2.51. The van der Waals surface area contributed by atoms with Crippen molar-refractivity contribution in [1.82, 2.24) is 10.2 Å². The highest BCUT2D eigenvalue weighted by Gasteiger charge is 2.18. The Bertz CT molecular complexity index is 753. The van der Waals surface area contributed by atoms with Crippen LogP contribution in [0, 0.1) is 6.92 Å². The molecule has 1 heterocycles. The average molecular weight is 281 g/mol. The summed E-state index contributed by atoms with van der Waals surface area (Å²) in [6.45, 7) is 1.80. The van der Waals surface area contributed by atoms with Crippen LogP contribution < -0.4 is 5.73 Å². The van der Waals surface area contributed by atoms with Gasteiger partial charge in [-0.15, -0.1) is 10.2 Å². The SMILES string of the molecule is Cc1c(O)cccc1-c1nnc(C(N)c2ccccc2)o1. The molecule has 0 saturated heterocycles. The first kappa shape index (κ1) is 13.3. The summed E-state index contributed by atoms with van der Waals surface area (Å²) in [5.41, 5.74) is 8.43. The first-order valence-corrected chi connectivity index (χ1v) is 6.59. The normalized spacial score (nSPS) is 12.3. The summed E-state index contributed by atoms with van der Waals surface area (Å²) in [6.07, 6.45) is 0. The van der Waals surface area contributed by atoms with Crippen molar-refractivity contribution in [2.24, 2.45) is 5.73 Å². The van der Waals surface area contributed by atoms with Gasteiger partial charge in [0.25, 0.3) is 0 Å². The average Bonchev–Trinajstić information content (AvgIpc) is 3.00. The maximum atomic E-state index is 9.74. The van der Waals surface area contributed by atoms with Crippen LogP contribution in [0.3, 0.4) is 0 Å². The molecule has 5 heteroatoms. The molecule has 0 aliphatic rings. The van der Waals surface area contributed by atoms with Gasteiger partial charge in [0.1, 0.15) is 11.8 Å². The third-order valence-corrected chi connectivity index (χ3v) is 3.40. The van der Waals surface area contributed by atoms with E-state index in [0.717, 1.165) is 5.56 Å². The minimum atomic E-state index is -0.468. The minimum absolute atomic E-state index is 0.194. The number of hydrogen-bond donors (Lipinski definition) is 2. The van der Waals surface area contributed by atoms with Crippen LogP contribution in [0.15, 0.2) is 52.9 Å². The molecule has 3 rings (SSSR count). The summed E-state index contributed by atoms with van der Waals surface area (Å²) in [5, 5.41) is 17.8. The van der Waals surface area contributed by atoms with Gasteiger partial charge in [-0.05, 0) is 24.6 Å². The Balaban J connectivity index is 1.95. The van der Waals surface area contributed by atoms with E-state index in [1.54, 1.807) is 19.1 Å². The van der Waals surface area contributed by atoms with Gasteiger partial charge in [0.15, 0.2) is 0 Å². The summed E-state index contributed by atoms with van der Waals surface area (Å²) in [4.78, 5) is 0. The smallest absolute Gasteiger partial charge is 0.248 e. The standard InChI is InChI=1S/C16H15N3O2/c1-10-12(8-5-9-13(10)20)15-18-19-16(21-15)14(17)11-6-3-2-4-7-11/h2-9,14,20H,17H2,1H3. The van der Waals surface area contributed by atoms with E-state index in [9.17, 15) is 5.11 Å². The lowest BCUT2D eigenvalue weighted by Gasteiger charge is -2.06. The Hall–Kier alpha value is -2.66. The summed E-state index contributed by atoms with van der Waals surface area (Å²) in [7, 11) is 0. The second-order valence-electron chi connectivity index (χ2n) is 4.78. The summed E-state index contributed by atoms with van der Waals surface area (Å²) in [5.74, 6) is 0.892. The summed E-state index contributed by atoms with van der Waals surface area (Å²) in [6, 6.07) is 14.3. The quantitative estimate of drug-likeness (QED) is 0.771. The summed E-state index contributed by atoms with van der Waals surface area (Å²) < 4.78 is 5.66. The van der Waals surface area contributed by atoms with Crippen molar-refractivity contribution < 1.29 is 9.52 Å². The van der Waals surface area contributed by atoms with Crippen molar-refractivity contribution in [2.75, 3.05) is 0 Å². The predicted molar refractivity (Wildman–Crippen MR) is 78.6 cm³/mol. The van der Waals surface area contributed by atoms with E-state index in [-0.39, 0.29) is 5.75 Å². The zero-order valence-corrected chi connectivity index (χ0v) is 11.5. The van der Waals surface area contributed by atoms with Crippen LogP contribution in [0.2, 0.25) is 0 Å². The Morgan fingerprint density at radius 1 is 1.05 bits per heavy atom. The van der Waals surface area contributed by atoms with Crippen LogP contribution in [0.1, 0.15) is 23.1 Å². The van der Waals surface area contributed by atoms with Crippen molar-refractivity contribution in [1.29, 1.82) is 0 Å². The van der Waals surface area contributed by atoms with Crippen LogP contribution in [0.4, 0.5) is 0 Å². The number of aromatic hydroxyl groups is 1. The number of nitrogens with two attached hydrogens (primary N) is 1. The zero-order chi connectivity index (χ0) is 14.8. The van der Waals surface area contributed by atoms with Crippen LogP contribution >= 0.6 is 0 Å². The molecule has 106 valence electrons. The number of benzene rings is 2. The summed E-state index contributed by atoms with van der Waals surface area (Å²) >= 11 is 0. The first-order chi connectivity index (χ1) is 10.2. The fourth-order valence-electron chi connectivity index (χ4n) is 2.13. The van der Waals surface area contributed by atoms with Crippen molar-refractivity contribution in [3.63, 3.8) is 0 Å². The van der Waals surface area contributed by atoms with E-state index in [4.69, 9.17) is 10.2 Å². The Labute approximate surface area is 122 Å². The van der Waals surface area contributed by atoms with Gasteiger partial charge in [-0.25, -0.2) is 0 Å². The molecule has 1 atom stereocenters. The lowest BCUT2D eigenvalue weighted by atomic mass is 10.1. The topological polar surface area (TPSA) is 85.2 Å². The number of phenols is 1. The molecular formula is C16H15N3O2. The van der Waals surface area contributed by atoms with Gasteiger partial charge in [0.2, 0.25) is 11.8 Å². The maximum absolute atomic E-state index is 9.74. The molecular weight excluding hydrogens is 266 g/mol. The molecule has 0 bridgehead atoms. The molecule has 3 aromatic rings. The van der Waals surface area contributed by atoms with Gasteiger partial charge in [-0.1, -0.05) is 36.4 Å². The van der Waals surface area contributed by atoms with Crippen molar-refractivity contribution in [3.05, 3.63) is 65.5 Å². The molecule has 2 aromatic carbocycles. The third-order valence-electron chi connectivity index (χ3n) is 3.40. The van der Waals surface area contributed by atoms with Gasteiger partial charge in [-0.2, -0.15) is 0 Å². The molecule has 0 aliphatic heterocycles. The molecule has 0 aliphatic carbocycles. The van der Waals surface area contributed by atoms with Crippen LogP contribution in [-0.2, 0) is 0 Å². The monoisotopic (exact) mass is 281 g/mol. The van der Waals surface area contributed by atoms with Crippen molar-refractivity contribution in [3.8, 4) is 17.2 Å². The van der Waals surface area contributed by atoms with E-state index < -0.39 is 6.04 Å². The Morgan fingerprint density at radius 3 is 2.57 bits per heavy atom. The zero-order valence-electron chi connectivity index (χ0n) is 11.5. The highest BCUT2D eigenvalue weighted by molar-refractivity contribution is 5.61. The van der Waals surface area contributed by atoms with Crippen molar-refractivity contribution in [2.45, 2.75) is 13.0 Å². The minimum Gasteiger partial charge on any atom is -0.508 e. The molecule has 0 spiro atoms. The molecule has 0 fully saturated rings. The largest absolute Gasteiger partial charge is 0.508 e. The molecule has 21 heavy (non-hydrogen) atoms. The number of aromatic nitrogens is 2. The van der Waals surface area contributed by atoms with Gasteiger partial charge in [0, 0.05) is 11.1 Å². The molecule has 1 unspecified atom stereocenters. The van der Waals surface area contributed by atoms with Crippen molar-refractivity contribution >= 4 is 0 Å². The van der Waals surface area contributed by atoms with E-state index >= 15 is 0 Å². The first-order valence-electron chi connectivity index (χ1n) is 6.59. The fourth-order valence-corrected chi connectivity index (χ4v) is 2.13. The number of rotatable bonds is 3. The lowest BCUT2D eigenvalue weighted by Crippen LogP contribution is -2.11. The van der Waals surface area contributed by atoms with Gasteiger partial charge >= 0.3 is 0 Å². The molecule has 0 amide bonds. The number of phenolic OH excluding ortho intramolecular Hbond substituents is 1. The van der Waals surface area contributed by atoms with Crippen LogP contribution in [-0.4, -0.2) is 15.3 Å². The predicted octanol–water partition coefficient (Wildman–Crippen LogP) is 2.80.